The number of hydrogen-bond donors (Lipinski definition) is 1. The van der Waals surface area contributed by atoms with Crippen molar-refractivity contribution in [2.75, 3.05) is 38.7 Å². The molecule has 0 unspecified atom stereocenters. The SMILES string of the molecule is COCCN(CC(=O)N1CCn2cccc2[C@@H]1c1ccc(F)cc1)C(=O)Nc1ccccc1F. The van der Waals surface area contributed by atoms with Gasteiger partial charge in [0.25, 0.3) is 0 Å². The van der Waals surface area contributed by atoms with Gasteiger partial charge in [-0.1, -0.05) is 24.3 Å². The average Bonchev–Trinajstić information content (AvgIpc) is 3.32. The van der Waals surface area contributed by atoms with Crippen LogP contribution in [-0.2, 0) is 16.1 Å². The molecule has 2 aromatic carbocycles. The van der Waals surface area contributed by atoms with E-state index in [-0.39, 0.29) is 37.1 Å². The summed E-state index contributed by atoms with van der Waals surface area (Å²) in [6.45, 7) is 1.17. The molecule has 7 nitrogen and oxygen atoms in total. The van der Waals surface area contributed by atoms with Gasteiger partial charge in [0.05, 0.1) is 18.3 Å². The van der Waals surface area contributed by atoms with Gasteiger partial charge in [-0.25, -0.2) is 13.6 Å². The lowest BCUT2D eigenvalue weighted by Crippen LogP contribution is -2.49. The summed E-state index contributed by atoms with van der Waals surface area (Å²) in [5.74, 6) is -1.20. The van der Waals surface area contributed by atoms with Crippen molar-refractivity contribution in [3.63, 3.8) is 0 Å². The fourth-order valence-electron chi connectivity index (χ4n) is 4.11. The number of nitrogens with one attached hydrogen (secondary N) is 1. The molecule has 0 radical (unpaired) electrons. The van der Waals surface area contributed by atoms with Crippen LogP contribution in [0, 0.1) is 11.6 Å². The third-order valence-corrected chi connectivity index (χ3v) is 5.84. The Balaban J connectivity index is 1.56. The topological polar surface area (TPSA) is 66.8 Å². The molecule has 0 saturated heterocycles. The molecule has 3 amide bonds. The van der Waals surface area contributed by atoms with Crippen LogP contribution in [0.2, 0.25) is 0 Å². The van der Waals surface area contributed by atoms with Gasteiger partial charge in [0.15, 0.2) is 0 Å². The summed E-state index contributed by atoms with van der Waals surface area (Å²) >= 11 is 0. The number of aromatic nitrogens is 1. The number of methoxy groups -OCH3 is 1. The van der Waals surface area contributed by atoms with Gasteiger partial charge in [-0.2, -0.15) is 0 Å². The first kappa shape index (κ1) is 23.4. The van der Waals surface area contributed by atoms with Crippen molar-refractivity contribution in [2.24, 2.45) is 0 Å². The summed E-state index contributed by atoms with van der Waals surface area (Å²) in [7, 11) is 1.50. The summed E-state index contributed by atoms with van der Waals surface area (Å²) in [6.07, 6.45) is 1.94. The lowest BCUT2D eigenvalue weighted by Gasteiger charge is -2.38. The lowest BCUT2D eigenvalue weighted by molar-refractivity contribution is -0.134. The maximum Gasteiger partial charge on any atom is 0.322 e. The minimum absolute atomic E-state index is 0.0300. The normalized spacial score (nSPS) is 15.0. The second-order valence-electron chi connectivity index (χ2n) is 7.99. The van der Waals surface area contributed by atoms with Crippen molar-refractivity contribution in [1.82, 2.24) is 14.4 Å². The minimum Gasteiger partial charge on any atom is -0.383 e. The number of benzene rings is 2. The van der Waals surface area contributed by atoms with Crippen molar-refractivity contribution in [3.05, 3.63) is 89.8 Å². The van der Waals surface area contributed by atoms with E-state index in [4.69, 9.17) is 4.74 Å². The van der Waals surface area contributed by atoms with Crippen molar-refractivity contribution in [2.45, 2.75) is 12.6 Å². The monoisotopic (exact) mass is 468 g/mol. The van der Waals surface area contributed by atoms with Crippen LogP contribution in [-0.4, -0.2) is 59.7 Å². The molecular formula is C25H26F2N4O3. The van der Waals surface area contributed by atoms with Gasteiger partial charge in [0, 0.05) is 38.6 Å². The molecule has 0 fully saturated rings. The number of fused-ring (bicyclic) bond motifs is 1. The van der Waals surface area contributed by atoms with E-state index in [2.05, 4.69) is 9.88 Å². The zero-order valence-electron chi connectivity index (χ0n) is 18.8. The van der Waals surface area contributed by atoms with Crippen molar-refractivity contribution in [1.29, 1.82) is 0 Å². The molecule has 1 aromatic heterocycles. The molecule has 1 aliphatic heterocycles. The Kier molecular flexibility index (Phi) is 7.22. The first-order valence-corrected chi connectivity index (χ1v) is 11.0. The highest BCUT2D eigenvalue weighted by Gasteiger charge is 2.33. The molecule has 2 heterocycles. The summed E-state index contributed by atoms with van der Waals surface area (Å²) in [4.78, 5) is 29.4. The Morgan fingerprint density at radius 1 is 1.06 bits per heavy atom. The fourth-order valence-corrected chi connectivity index (χ4v) is 4.11. The second kappa shape index (κ2) is 10.5. The molecule has 1 aliphatic rings. The zero-order chi connectivity index (χ0) is 24.1. The highest BCUT2D eigenvalue weighted by Crippen LogP contribution is 2.32. The van der Waals surface area contributed by atoms with Gasteiger partial charge >= 0.3 is 6.03 Å². The lowest BCUT2D eigenvalue weighted by atomic mass is 9.99. The van der Waals surface area contributed by atoms with Crippen molar-refractivity contribution < 1.29 is 23.1 Å². The number of anilines is 1. The molecule has 0 spiro atoms. The Morgan fingerprint density at radius 3 is 2.56 bits per heavy atom. The Bertz CT molecular complexity index is 1150. The van der Waals surface area contributed by atoms with Crippen LogP contribution in [0.1, 0.15) is 17.3 Å². The maximum atomic E-state index is 14.0. The third kappa shape index (κ3) is 5.09. The highest BCUT2D eigenvalue weighted by atomic mass is 19.1. The molecular weight excluding hydrogens is 442 g/mol. The van der Waals surface area contributed by atoms with Gasteiger partial charge in [0.2, 0.25) is 5.91 Å². The fraction of sp³-hybridized carbons (Fsp3) is 0.280. The quantitative estimate of drug-likeness (QED) is 0.572. The maximum absolute atomic E-state index is 14.0. The summed E-state index contributed by atoms with van der Waals surface area (Å²) in [6, 6.07) is 14.7. The second-order valence-corrected chi connectivity index (χ2v) is 7.99. The predicted molar refractivity (Wildman–Crippen MR) is 123 cm³/mol. The first-order chi connectivity index (χ1) is 16.5. The van der Waals surface area contributed by atoms with Crippen molar-refractivity contribution in [3.8, 4) is 0 Å². The molecule has 1 atom stereocenters. The number of ether oxygens (including phenoxy) is 1. The number of halogens is 2. The summed E-state index contributed by atoms with van der Waals surface area (Å²) in [5.41, 5.74) is 1.71. The van der Waals surface area contributed by atoms with E-state index in [1.165, 1.54) is 42.3 Å². The van der Waals surface area contributed by atoms with E-state index in [9.17, 15) is 18.4 Å². The largest absolute Gasteiger partial charge is 0.383 e. The standard InChI is InChI=1S/C25H26F2N4O3/c1-34-16-15-30(25(33)28-21-6-3-2-5-20(21)27)17-23(32)31-14-13-29-12-4-7-22(29)24(31)18-8-10-19(26)11-9-18/h2-12,24H,13-17H2,1H3,(H,28,33)/t24-/m0/s1. The van der Waals surface area contributed by atoms with Gasteiger partial charge < -0.3 is 24.4 Å². The van der Waals surface area contributed by atoms with E-state index in [1.54, 1.807) is 23.1 Å². The average molecular weight is 469 g/mol. The molecule has 0 aliphatic carbocycles. The molecule has 4 rings (SSSR count). The molecule has 0 bridgehead atoms. The van der Waals surface area contributed by atoms with Crippen LogP contribution >= 0.6 is 0 Å². The molecule has 3 aromatic rings. The molecule has 34 heavy (non-hydrogen) atoms. The third-order valence-electron chi connectivity index (χ3n) is 5.84. The highest BCUT2D eigenvalue weighted by molar-refractivity contribution is 5.92. The number of nitrogens with zero attached hydrogens (tertiary/aromatic N) is 3. The number of para-hydroxylation sites is 1. The molecule has 9 heteroatoms. The smallest absolute Gasteiger partial charge is 0.322 e. The van der Waals surface area contributed by atoms with Gasteiger partial charge in [-0.15, -0.1) is 0 Å². The van der Waals surface area contributed by atoms with Crippen LogP contribution in [0.3, 0.4) is 0 Å². The number of urea groups is 1. The predicted octanol–water partition coefficient (Wildman–Crippen LogP) is 3.88. The Labute approximate surface area is 196 Å². The summed E-state index contributed by atoms with van der Waals surface area (Å²) in [5, 5.41) is 2.53. The number of rotatable bonds is 7. The van der Waals surface area contributed by atoms with Crippen molar-refractivity contribution >= 4 is 17.6 Å². The number of amides is 3. The molecule has 178 valence electrons. The van der Waals surface area contributed by atoms with Gasteiger partial charge in [-0.05, 0) is 42.0 Å². The number of carbonyl (C=O) groups is 2. The van der Waals surface area contributed by atoms with Gasteiger partial charge in [-0.3, -0.25) is 4.79 Å². The van der Waals surface area contributed by atoms with Crippen LogP contribution in [0.25, 0.3) is 0 Å². The zero-order valence-corrected chi connectivity index (χ0v) is 18.8. The summed E-state index contributed by atoms with van der Waals surface area (Å²) < 4.78 is 34.8. The molecule has 0 saturated carbocycles. The Morgan fingerprint density at radius 2 is 1.82 bits per heavy atom. The number of hydrogen-bond acceptors (Lipinski definition) is 3. The minimum atomic E-state index is -0.603. The number of carbonyl (C=O) groups excluding carboxylic acids is 2. The van der Waals surface area contributed by atoms with Crippen LogP contribution in [0.5, 0.6) is 0 Å². The van der Waals surface area contributed by atoms with Gasteiger partial charge in [0.1, 0.15) is 18.2 Å². The van der Waals surface area contributed by atoms with E-state index in [1.807, 2.05) is 18.3 Å². The van der Waals surface area contributed by atoms with Crippen LogP contribution < -0.4 is 5.32 Å². The van der Waals surface area contributed by atoms with E-state index < -0.39 is 17.9 Å². The van der Waals surface area contributed by atoms with Crippen LogP contribution in [0.15, 0.2) is 66.9 Å². The first-order valence-electron chi connectivity index (χ1n) is 11.0. The molecule has 1 N–H and O–H groups in total. The van der Waals surface area contributed by atoms with E-state index in [0.29, 0.717) is 13.1 Å². The van der Waals surface area contributed by atoms with E-state index in [0.717, 1.165) is 11.3 Å². The van der Waals surface area contributed by atoms with E-state index >= 15 is 0 Å². The Hall–Kier alpha value is -3.72. The van der Waals surface area contributed by atoms with Crippen LogP contribution in [0.4, 0.5) is 19.3 Å².